The van der Waals surface area contributed by atoms with Crippen LogP contribution in [0.15, 0.2) is 11.8 Å². The lowest BCUT2D eigenvalue weighted by molar-refractivity contribution is -0.108. The molecule has 0 heterocycles. The van der Waals surface area contributed by atoms with Crippen molar-refractivity contribution in [1.29, 1.82) is 0 Å². The zero-order valence-corrected chi connectivity index (χ0v) is 4.92. The van der Waals surface area contributed by atoms with Crippen LogP contribution in [0.25, 0.3) is 0 Å². The summed E-state index contributed by atoms with van der Waals surface area (Å²) in [5.41, 5.74) is 1.90. The van der Waals surface area contributed by atoms with Crippen LogP contribution < -0.4 is 5.73 Å². The van der Waals surface area contributed by atoms with Crippen LogP contribution in [-0.4, -0.2) is 12.4 Å². The van der Waals surface area contributed by atoms with Gasteiger partial charge in [-0.3, -0.25) is 0 Å². The minimum absolute atomic E-state index is 0.993. The molecule has 1 nitrogen and oxygen atoms in total. The molecule has 0 bridgehead atoms. The summed E-state index contributed by atoms with van der Waals surface area (Å²) in [6.07, 6.45) is -11.1. The van der Waals surface area contributed by atoms with Crippen LogP contribution in [0.5, 0.6) is 0 Å². The van der Waals surface area contributed by atoms with E-state index in [9.17, 15) is 26.3 Å². The standard InChI is InChI=1S/C4H3F6N/c5-3(6,7)1-2(11)4(8,9)10/h1H,11H2/b2-1-. The van der Waals surface area contributed by atoms with Gasteiger partial charge in [0.05, 0.1) is 0 Å². The Hall–Kier alpha value is -0.880. The maximum atomic E-state index is 11.3. The molecule has 11 heavy (non-hydrogen) atoms. The second-order valence-electron chi connectivity index (χ2n) is 1.64. The summed E-state index contributed by atoms with van der Waals surface area (Å²) < 4.78 is 67.4. The summed E-state index contributed by atoms with van der Waals surface area (Å²) in [5, 5.41) is 0. The van der Waals surface area contributed by atoms with E-state index in [2.05, 4.69) is 5.73 Å². The van der Waals surface area contributed by atoms with E-state index in [0.29, 0.717) is 0 Å². The molecular formula is C4H3F6N. The molecule has 0 amide bonds. The lowest BCUT2D eigenvalue weighted by Gasteiger charge is -2.07. The lowest BCUT2D eigenvalue weighted by Crippen LogP contribution is -2.22. The Morgan fingerprint density at radius 1 is 1.00 bits per heavy atom. The van der Waals surface area contributed by atoms with E-state index in [0.717, 1.165) is 0 Å². The van der Waals surface area contributed by atoms with E-state index in [-0.39, 0.29) is 0 Å². The summed E-state index contributed by atoms with van der Waals surface area (Å²) in [5.74, 6) is 0. The Morgan fingerprint density at radius 3 is 1.45 bits per heavy atom. The fraction of sp³-hybridized carbons (Fsp3) is 0.500. The lowest BCUT2D eigenvalue weighted by atomic mass is 10.4. The normalized spacial score (nSPS) is 15.3. The molecule has 0 aromatic rings. The molecule has 0 aliphatic rings. The van der Waals surface area contributed by atoms with Crippen molar-refractivity contribution < 1.29 is 26.3 Å². The largest absolute Gasteiger partial charge is 0.430 e. The van der Waals surface area contributed by atoms with E-state index >= 15 is 0 Å². The predicted octanol–water partition coefficient (Wildman–Crippen LogP) is 1.95. The highest BCUT2D eigenvalue weighted by Gasteiger charge is 2.36. The van der Waals surface area contributed by atoms with Gasteiger partial charge in [-0.15, -0.1) is 0 Å². The Kier molecular flexibility index (Phi) is 2.42. The minimum atomic E-state index is -5.12. The smallest absolute Gasteiger partial charge is 0.395 e. The van der Waals surface area contributed by atoms with E-state index in [1.54, 1.807) is 0 Å². The molecule has 0 spiro atoms. The van der Waals surface area contributed by atoms with Crippen LogP contribution in [0, 0.1) is 0 Å². The van der Waals surface area contributed by atoms with Gasteiger partial charge in [0.15, 0.2) is 0 Å². The number of allylic oxidation sites excluding steroid dienone is 2. The van der Waals surface area contributed by atoms with E-state index in [1.165, 1.54) is 0 Å². The summed E-state index contributed by atoms with van der Waals surface area (Å²) in [4.78, 5) is 0. The first-order valence-corrected chi connectivity index (χ1v) is 2.25. The second kappa shape index (κ2) is 2.63. The third-order valence-corrected chi connectivity index (χ3v) is 0.646. The number of hydrogen-bond acceptors (Lipinski definition) is 1. The number of rotatable bonds is 0. The molecule has 0 fully saturated rings. The van der Waals surface area contributed by atoms with Gasteiger partial charge in [-0.05, 0) is 0 Å². The molecular weight excluding hydrogens is 176 g/mol. The molecule has 0 saturated carbocycles. The van der Waals surface area contributed by atoms with Gasteiger partial charge in [-0.25, -0.2) is 0 Å². The molecule has 2 N–H and O–H groups in total. The zero-order valence-electron chi connectivity index (χ0n) is 4.92. The van der Waals surface area contributed by atoms with Crippen molar-refractivity contribution in [2.24, 2.45) is 5.73 Å². The molecule has 0 radical (unpaired) electrons. The van der Waals surface area contributed by atoms with Crippen LogP contribution in [-0.2, 0) is 0 Å². The van der Waals surface area contributed by atoms with E-state index in [1.807, 2.05) is 0 Å². The van der Waals surface area contributed by atoms with Gasteiger partial charge in [-0.1, -0.05) is 0 Å². The quantitative estimate of drug-likeness (QED) is 0.565. The number of halogens is 6. The Labute approximate surface area is 57.5 Å². The molecule has 66 valence electrons. The van der Waals surface area contributed by atoms with Crippen molar-refractivity contribution in [3.05, 3.63) is 11.8 Å². The summed E-state index contributed by atoms with van der Waals surface area (Å²) >= 11 is 0. The Bertz CT molecular complexity index is 162. The van der Waals surface area contributed by atoms with Crippen LogP contribution in [0.1, 0.15) is 0 Å². The van der Waals surface area contributed by atoms with Crippen molar-refractivity contribution in [2.75, 3.05) is 0 Å². The fourth-order valence-corrected chi connectivity index (χ4v) is 0.258. The molecule has 0 aliphatic carbocycles. The van der Waals surface area contributed by atoms with Gasteiger partial charge in [0, 0.05) is 6.08 Å². The summed E-state index contributed by atoms with van der Waals surface area (Å²) in [6, 6.07) is 0. The maximum absolute atomic E-state index is 11.3. The molecule has 0 aromatic carbocycles. The topological polar surface area (TPSA) is 26.0 Å². The third-order valence-electron chi connectivity index (χ3n) is 0.646. The van der Waals surface area contributed by atoms with Gasteiger partial charge in [0.25, 0.3) is 0 Å². The third kappa shape index (κ3) is 4.51. The predicted molar refractivity (Wildman–Crippen MR) is 24.4 cm³/mol. The highest BCUT2D eigenvalue weighted by molar-refractivity contribution is 5.06. The molecule has 7 heteroatoms. The van der Waals surface area contributed by atoms with Crippen molar-refractivity contribution in [2.45, 2.75) is 12.4 Å². The summed E-state index contributed by atoms with van der Waals surface area (Å²) in [7, 11) is 0. The number of alkyl halides is 6. The molecule has 0 aromatic heterocycles. The first-order valence-electron chi connectivity index (χ1n) is 2.25. The fourth-order valence-electron chi connectivity index (χ4n) is 0.258. The monoisotopic (exact) mass is 179 g/mol. The van der Waals surface area contributed by atoms with Gasteiger partial charge in [0.1, 0.15) is 5.70 Å². The minimum Gasteiger partial charge on any atom is -0.395 e. The van der Waals surface area contributed by atoms with Crippen LogP contribution in [0.2, 0.25) is 0 Å². The average molecular weight is 179 g/mol. The molecule has 0 saturated heterocycles. The van der Waals surface area contributed by atoms with Crippen molar-refractivity contribution in [3.8, 4) is 0 Å². The molecule has 0 rings (SSSR count). The van der Waals surface area contributed by atoms with Gasteiger partial charge in [0.2, 0.25) is 0 Å². The first-order chi connectivity index (χ1) is 4.63. The highest BCUT2D eigenvalue weighted by Crippen LogP contribution is 2.26. The number of nitrogens with two attached hydrogens (primary N) is 1. The Morgan fingerprint density at radius 2 is 1.36 bits per heavy atom. The van der Waals surface area contributed by atoms with Gasteiger partial charge in [-0.2, -0.15) is 26.3 Å². The van der Waals surface area contributed by atoms with E-state index < -0.39 is 24.1 Å². The molecule has 0 aliphatic heterocycles. The Balaban J connectivity index is 4.49. The van der Waals surface area contributed by atoms with Crippen LogP contribution >= 0.6 is 0 Å². The average Bonchev–Trinajstić information content (AvgIpc) is 1.56. The maximum Gasteiger partial charge on any atom is 0.430 e. The van der Waals surface area contributed by atoms with Crippen molar-refractivity contribution in [1.82, 2.24) is 0 Å². The molecule has 0 unspecified atom stereocenters. The first kappa shape index (κ1) is 10.1. The van der Waals surface area contributed by atoms with Crippen molar-refractivity contribution >= 4 is 0 Å². The second-order valence-corrected chi connectivity index (χ2v) is 1.64. The molecule has 0 atom stereocenters. The van der Waals surface area contributed by atoms with Gasteiger partial charge < -0.3 is 5.73 Å². The highest BCUT2D eigenvalue weighted by atomic mass is 19.4. The van der Waals surface area contributed by atoms with Gasteiger partial charge >= 0.3 is 12.4 Å². The SMILES string of the molecule is N/C(=C\C(F)(F)F)C(F)(F)F. The summed E-state index contributed by atoms with van der Waals surface area (Å²) in [6.45, 7) is 0. The van der Waals surface area contributed by atoms with Crippen LogP contribution in [0.4, 0.5) is 26.3 Å². The van der Waals surface area contributed by atoms with E-state index in [4.69, 9.17) is 0 Å². The van der Waals surface area contributed by atoms with Crippen LogP contribution in [0.3, 0.4) is 0 Å². The van der Waals surface area contributed by atoms with Crippen molar-refractivity contribution in [3.63, 3.8) is 0 Å². The zero-order chi connectivity index (χ0) is 9.28. The number of hydrogen-bond donors (Lipinski definition) is 1.